The lowest BCUT2D eigenvalue weighted by Crippen LogP contribution is -2.15. The fraction of sp³-hybridized carbons (Fsp3) is 0.118. The summed E-state index contributed by atoms with van der Waals surface area (Å²) in [5, 5.41) is 14.9. The lowest BCUT2D eigenvalue weighted by molar-refractivity contribution is -0.385. The Kier molecular flexibility index (Phi) is 3.57. The highest BCUT2D eigenvalue weighted by Gasteiger charge is 2.20. The Morgan fingerprint density at radius 2 is 1.96 bits per heavy atom. The molecule has 0 saturated heterocycles. The van der Waals surface area contributed by atoms with Gasteiger partial charge in [-0.25, -0.2) is 0 Å². The average Bonchev–Trinajstić information content (AvgIpc) is 2.94. The number of rotatable bonds is 3. The number of carbonyl (C=O) groups is 1. The highest BCUT2D eigenvalue weighted by molar-refractivity contribution is 6.08. The van der Waals surface area contributed by atoms with Crippen molar-refractivity contribution in [3.05, 3.63) is 69.4 Å². The van der Waals surface area contributed by atoms with Crippen LogP contribution in [-0.2, 0) is 0 Å². The van der Waals surface area contributed by atoms with Crippen LogP contribution < -0.4 is 5.32 Å². The van der Waals surface area contributed by atoms with Gasteiger partial charge in [0.1, 0.15) is 5.56 Å². The summed E-state index contributed by atoms with van der Waals surface area (Å²) in [5.74, 6) is -0.491. The predicted octanol–water partition coefficient (Wildman–Crippen LogP) is 3.95. The van der Waals surface area contributed by atoms with Gasteiger partial charge in [0.2, 0.25) is 0 Å². The SMILES string of the molecule is Cc1ccc([N+](=O)[O-])c(C(=O)Nc2cc3[nH]ccc3cc2C)c1. The second-order valence-corrected chi connectivity index (χ2v) is 5.46. The number of carbonyl (C=O) groups excluding carboxylic acids is 1. The number of nitro benzene ring substituents is 1. The molecule has 0 aliphatic heterocycles. The fourth-order valence-corrected chi connectivity index (χ4v) is 2.53. The van der Waals surface area contributed by atoms with E-state index in [1.807, 2.05) is 31.3 Å². The van der Waals surface area contributed by atoms with Gasteiger partial charge in [-0.15, -0.1) is 0 Å². The van der Waals surface area contributed by atoms with Crippen LogP contribution in [0.1, 0.15) is 21.5 Å². The third-order valence-corrected chi connectivity index (χ3v) is 3.74. The van der Waals surface area contributed by atoms with Crippen molar-refractivity contribution < 1.29 is 9.72 Å². The number of anilines is 1. The molecule has 0 saturated carbocycles. The molecular weight excluding hydrogens is 294 g/mol. The van der Waals surface area contributed by atoms with Crippen molar-refractivity contribution >= 4 is 28.2 Å². The molecular formula is C17H15N3O3. The number of hydrogen-bond acceptors (Lipinski definition) is 3. The third kappa shape index (κ3) is 2.78. The molecule has 3 rings (SSSR count). The average molecular weight is 309 g/mol. The molecule has 3 aromatic rings. The molecule has 0 radical (unpaired) electrons. The van der Waals surface area contributed by atoms with E-state index in [4.69, 9.17) is 0 Å². The smallest absolute Gasteiger partial charge is 0.282 e. The molecule has 0 fully saturated rings. The Morgan fingerprint density at radius 3 is 2.70 bits per heavy atom. The number of nitrogens with zero attached hydrogens (tertiary/aromatic N) is 1. The quantitative estimate of drug-likeness (QED) is 0.567. The van der Waals surface area contributed by atoms with E-state index in [0.29, 0.717) is 5.69 Å². The van der Waals surface area contributed by atoms with E-state index in [1.54, 1.807) is 13.0 Å². The van der Waals surface area contributed by atoms with E-state index in [9.17, 15) is 14.9 Å². The number of benzene rings is 2. The minimum absolute atomic E-state index is 0.0565. The number of aromatic amines is 1. The third-order valence-electron chi connectivity index (χ3n) is 3.74. The first kappa shape index (κ1) is 14.8. The van der Waals surface area contributed by atoms with Gasteiger partial charge >= 0.3 is 0 Å². The molecule has 0 aliphatic rings. The maximum Gasteiger partial charge on any atom is 0.282 e. The second-order valence-electron chi connectivity index (χ2n) is 5.46. The number of aromatic nitrogens is 1. The van der Waals surface area contributed by atoms with Gasteiger partial charge in [-0.3, -0.25) is 14.9 Å². The molecule has 2 N–H and O–H groups in total. The number of hydrogen-bond donors (Lipinski definition) is 2. The van der Waals surface area contributed by atoms with E-state index in [0.717, 1.165) is 22.0 Å². The predicted molar refractivity (Wildman–Crippen MR) is 88.8 cm³/mol. The molecule has 0 unspecified atom stereocenters. The number of fused-ring (bicyclic) bond motifs is 1. The van der Waals surface area contributed by atoms with Crippen molar-refractivity contribution in [1.82, 2.24) is 4.98 Å². The number of aryl methyl sites for hydroxylation is 2. The van der Waals surface area contributed by atoms with E-state index in [-0.39, 0.29) is 11.3 Å². The Balaban J connectivity index is 1.99. The van der Waals surface area contributed by atoms with Crippen LogP contribution in [-0.4, -0.2) is 15.8 Å². The fourth-order valence-electron chi connectivity index (χ4n) is 2.53. The van der Waals surface area contributed by atoms with Gasteiger partial charge in [0.25, 0.3) is 11.6 Å². The molecule has 0 atom stereocenters. The monoisotopic (exact) mass is 309 g/mol. The van der Waals surface area contributed by atoms with Crippen molar-refractivity contribution in [1.29, 1.82) is 0 Å². The van der Waals surface area contributed by atoms with Crippen LogP contribution >= 0.6 is 0 Å². The second kappa shape index (κ2) is 5.57. The molecule has 6 nitrogen and oxygen atoms in total. The van der Waals surface area contributed by atoms with E-state index in [2.05, 4.69) is 10.3 Å². The number of nitro groups is 1. The first-order chi connectivity index (χ1) is 11.0. The zero-order chi connectivity index (χ0) is 16.6. The standard InChI is InChI=1S/C17H15N3O3/c1-10-3-4-16(20(22)23)13(7-10)17(21)19-14-9-15-12(5-6-18-15)8-11(14)2/h3-9,18H,1-2H3,(H,19,21). The summed E-state index contributed by atoms with van der Waals surface area (Å²) in [4.78, 5) is 26.1. The van der Waals surface area contributed by atoms with Gasteiger partial charge in [0.05, 0.1) is 4.92 Å². The van der Waals surface area contributed by atoms with Gasteiger partial charge in [0.15, 0.2) is 0 Å². The van der Waals surface area contributed by atoms with Crippen molar-refractivity contribution in [3.8, 4) is 0 Å². The number of H-pyrrole nitrogens is 1. The Labute approximate surface area is 132 Å². The molecule has 0 spiro atoms. The summed E-state index contributed by atoms with van der Waals surface area (Å²) in [6, 6.07) is 10.2. The normalized spacial score (nSPS) is 10.7. The van der Waals surface area contributed by atoms with Crippen LogP contribution in [0.5, 0.6) is 0 Å². The summed E-state index contributed by atoms with van der Waals surface area (Å²) in [6.07, 6.45) is 1.82. The van der Waals surface area contributed by atoms with Crippen LogP contribution in [0.4, 0.5) is 11.4 Å². The zero-order valence-electron chi connectivity index (χ0n) is 12.7. The van der Waals surface area contributed by atoms with Crippen LogP contribution in [0.25, 0.3) is 10.9 Å². The van der Waals surface area contributed by atoms with Crippen LogP contribution in [0.3, 0.4) is 0 Å². The van der Waals surface area contributed by atoms with Gasteiger partial charge in [-0.2, -0.15) is 0 Å². The molecule has 0 aliphatic carbocycles. The summed E-state index contributed by atoms with van der Waals surface area (Å²) >= 11 is 0. The minimum Gasteiger partial charge on any atom is -0.361 e. The zero-order valence-corrected chi connectivity index (χ0v) is 12.7. The van der Waals surface area contributed by atoms with E-state index < -0.39 is 10.8 Å². The lowest BCUT2D eigenvalue weighted by atomic mass is 10.1. The lowest BCUT2D eigenvalue weighted by Gasteiger charge is -2.10. The summed E-state index contributed by atoms with van der Waals surface area (Å²) in [7, 11) is 0. The maximum absolute atomic E-state index is 12.5. The molecule has 0 bridgehead atoms. The first-order valence-corrected chi connectivity index (χ1v) is 7.10. The highest BCUT2D eigenvalue weighted by atomic mass is 16.6. The molecule has 1 amide bonds. The van der Waals surface area contributed by atoms with Crippen LogP contribution in [0.2, 0.25) is 0 Å². The van der Waals surface area contributed by atoms with Crippen molar-refractivity contribution in [2.75, 3.05) is 5.32 Å². The maximum atomic E-state index is 12.5. The summed E-state index contributed by atoms with van der Waals surface area (Å²) < 4.78 is 0. The van der Waals surface area contributed by atoms with Crippen molar-refractivity contribution in [2.45, 2.75) is 13.8 Å². The molecule has 6 heteroatoms. The highest BCUT2D eigenvalue weighted by Crippen LogP contribution is 2.25. The molecule has 1 aromatic heterocycles. The van der Waals surface area contributed by atoms with Crippen molar-refractivity contribution in [3.63, 3.8) is 0 Å². The van der Waals surface area contributed by atoms with Crippen LogP contribution in [0, 0.1) is 24.0 Å². The van der Waals surface area contributed by atoms with E-state index in [1.165, 1.54) is 12.1 Å². The largest absolute Gasteiger partial charge is 0.361 e. The van der Waals surface area contributed by atoms with Gasteiger partial charge in [-0.05, 0) is 54.6 Å². The Bertz CT molecular complexity index is 928. The topological polar surface area (TPSA) is 88.0 Å². The number of amides is 1. The molecule has 1 heterocycles. The van der Waals surface area contributed by atoms with Gasteiger partial charge < -0.3 is 10.3 Å². The minimum atomic E-state index is -0.546. The van der Waals surface area contributed by atoms with E-state index >= 15 is 0 Å². The Hall–Kier alpha value is -3.15. The molecule has 116 valence electrons. The molecule has 2 aromatic carbocycles. The van der Waals surface area contributed by atoms with Crippen molar-refractivity contribution in [2.24, 2.45) is 0 Å². The summed E-state index contributed by atoms with van der Waals surface area (Å²) in [6.45, 7) is 3.67. The van der Waals surface area contributed by atoms with Crippen LogP contribution in [0.15, 0.2) is 42.6 Å². The molecule has 23 heavy (non-hydrogen) atoms. The Morgan fingerprint density at radius 1 is 1.17 bits per heavy atom. The first-order valence-electron chi connectivity index (χ1n) is 7.10. The summed E-state index contributed by atoms with van der Waals surface area (Å²) in [5.41, 5.74) is 3.05. The number of nitrogens with one attached hydrogen (secondary N) is 2. The van der Waals surface area contributed by atoms with Gasteiger partial charge in [0, 0.05) is 23.5 Å². The van der Waals surface area contributed by atoms with Gasteiger partial charge in [-0.1, -0.05) is 6.07 Å².